The molecular weight excluding hydrogens is 288 g/mol. The Bertz CT molecular complexity index is 514. The Kier molecular flexibility index (Phi) is 3.46. The summed E-state index contributed by atoms with van der Waals surface area (Å²) in [5, 5.41) is 3.78. The van der Waals surface area contributed by atoms with Crippen LogP contribution in [0.2, 0.25) is 5.15 Å². The largest absolute Gasteiger partial charge is 0.355 e. The average Bonchev–Trinajstić information content (AvgIpc) is 2.24. The van der Waals surface area contributed by atoms with Gasteiger partial charge in [0.25, 0.3) is 0 Å². The van der Waals surface area contributed by atoms with Gasteiger partial charge in [-0.3, -0.25) is 0 Å². The zero-order chi connectivity index (χ0) is 11.5. The minimum Gasteiger partial charge on any atom is -0.355 e. The minimum absolute atomic E-state index is 0.484. The molecule has 2 aromatic rings. The zero-order valence-electron chi connectivity index (χ0n) is 8.67. The number of aromatic nitrogens is 1. The standard InChI is InChI=1S/C12H10BrClN2/c1-8-2-3-9(13)6-11(8)16-10-4-5-15-12(14)7-10/h2-7H,1H3,(H,15,16). The van der Waals surface area contributed by atoms with E-state index in [0.29, 0.717) is 5.15 Å². The van der Waals surface area contributed by atoms with Crippen LogP contribution in [0.15, 0.2) is 41.0 Å². The van der Waals surface area contributed by atoms with Crippen molar-refractivity contribution >= 4 is 38.9 Å². The van der Waals surface area contributed by atoms with Crippen LogP contribution in [0.4, 0.5) is 11.4 Å². The first-order valence-electron chi connectivity index (χ1n) is 4.80. The fraction of sp³-hybridized carbons (Fsp3) is 0.0833. The topological polar surface area (TPSA) is 24.9 Å². The van der Waals surface area contributed by atoms with Crippen molar-refractivity contribution in [3.63, 3.8) is 0 Å². The van der Waals surface area contributed by atoms with Crippen LogP contribution < -0.4 is 5.32 Å². The molecular formula is C12H10BrClN2. The number of nitrogens with zero attached hydrogens (tertiary/aromatic N) is 1. The predicted octanol–water partition coefficient (Wildman–Crippen LogP) is 4.55. The molecule has 0 aliphatic rings. The number of pyridine rings is 1. The molecule has 0 spiro atoms. The van der Waals surface area contributed by atoms with E-state index in [1.54, 1.807) is 12.3 Å². The van der Waals surface area contributed by atoms with Crippen LogP contribution >= 0.6 is 27.5 Å². The van der Waals surface area contributed by atoms with Crippen molar-refractivity contribution in [3.8, 4) is 0 Å². The summed E-state index contributed by atoms with van der Waals surface area (Å²) in [5.41, 5.74) is 3.16. The van der Waals surface area contributed by atoms with Crippen molar-refractivity contribution in [3.05, 3.63) is 51.7 Å². The molecule has 0 unspecified atom stereocenters. The molecule has 2 nitrogen and oxygen atoms in total. The molecule has 1 aromatic heterocycles. The number of halogens is 2. The fourth-order valence-corrected chi connectivity index (χ4v) is 1.90. The fourth-order valence-electron chi connectivity index (χ4n) is 1.36. The Balaban J connectivity index is 2.30. The molecule has 16 heavy (non-hydrogen) atoms. The minimum atomic E-state index is 0.484. The smallest absolute Gasteiger partial charge is 0.131 e. The van der Waals surface area contributed by atoms with Crippen molar-refractivity contribution < 1.29 is 0 Å². The third-order valence-electron chi connectivity index (χ3n) is 2.21. The summed E-state index contributed by atoms with van der Waals surface area (Å²) in [6.07, 6.45) is 1.68. The van der Waals surface area contributed by atoms with E-state index in [4.69, 9.17) is 11.6 Å². The predicted molar refractivity (Wildman–Crippen MR) is 71.4 cm³/mol. The molecule has 0 amide bonds. The van der Waals surface area contributed by atoms with E-state index < -0.39 is 0 Å². The van der Waals surface area contributed by atoms with E-state index in [0.717, 1.165) is 15.8 Å². The third-order valence-corrected chi connectivity index (χ3v) is 2.91. The molecule has 1 heterocycles. The van der Waals surface area contributed by atoms with Gasteiger partial charge in [-0.1, -0.05) is 33.6 Å². The highest BCUT2D eigenvalue weighted by atomic mass is 79.9. The van der Waals surface area contributed by atoms with E-state index in [-0.39, 0.29) is 0 Å². The molecule has 0 aliphatic heterocycles. The van der Waals surface area contributed by atoms with Crippen molar-refractivity contribution in [2.24, 2.45) is 0 Å². The van der Waals surface area contributed by atoms with E-state index in [9.17, 15) is 0 Å². The maximum atomic E-state index is 5.82. The summed E-state index contributed by atoms with van der Waals surface area (Å²) in [4.78, 5) is 3.94. The van der Waals surface area contributed by atoms with Crippen LogP contribution in [0.5, 0.6) is 0 Å². The first kappa shape index (κ1) is 11.4. The van der Waals surface area contributed by atoms with Crippen LogP contribution in [0.3, 0.4) is 0 Å². The number of anilines is 2. The Morgan fingerprint density at radius 3 is 2.81 bits per heavy atom. The highest BCUT2D eigenvalue weighted by molar-refractivity contribution is 9.10. The molecule has 82 valence electrons. The van der Waals surface area contributed by atoms with Gasteiger partial charge in [0, 0.05) is 22.0 Å². The lowest BCUT2D eigenvalue weighted by atomic mass is 10.2. The number of rotatable bonds is 2. The molecule has 0 saturated carbocycles. The van der Waals surface area contributed by atoms with Gasteiger partial charge in [0.1, 0.15) is 5.15 Å². The molecule has 0 aliphatic carbocycles. The van der Waals surface area contributed by atoms with Crippen LogP contribution in [-0.4, -0.2) is 4.98 Å². The number of nitrogens with one attached hydrogen (secondary N) is 1. The molecule has 2 rings (SSSR count). The second-order valence-electron chi connectivity index (χ2n) is 3.45. The quantitative estimate of drug-likeness (QED) is 0.823. The number of benzene rings is 1. The summed E-state index contributed by atoms with van der Waals surface area (Å²) in [6, 6.07) is 9.77. The normalized spacial score (nSPS) is 10.2. The first-order chi connectivity index (χ1) is 7.65. The van der Waals surface area contributed by atoms with Crippen LogP contribution in [-0.2, 0) is 0 Å². The third kappa shape index (κ3) is 2.74. The molecule has 4 heteroatoms. The Labute approximate surface area is 108 Å². The second kappa shape index (κ2) is 4.85. The number of aryl methyl sites for hydroxylation is 1. The van der Waals surface area contributed by atoms with Gasteiger partial charge >= 0.3 is 0 Å². The summed E-state index contributed by atoms with van der Waals surface area (Å²) >= 11 is 9.27. The van der Waals surface area contributed by atoms with Gasteiger partial charge in [-0.15, -0.1) is 0 Å². The molecule has 0 saturated heterocycles. The van der Waals surface area contributed by atoms with Gasteiger partial charge < -0.3 is 5.32 Å². The Morgan fingerprint density at radius 2 is 2.06 bits per heavy atom. The highest BCUT2D eigenvalue weighted by Gasteiger charge is 2.00. The van der Waals surface area contributed by atoms with Gasteiger partial charge in [0.05, 0.1) is 0 Å². The monoisotopic (exact) mass is 296 g/mol. The first-order valence-corrected chi connectivity index (χ1v) is 5.97. The summed E-state index contributed by atoms with van der Waals surface area (Å²) in [6.45, 7) is 2.05. The summed E-state index contributed by atoms with van der Waals surface area (Å²) < 4.78 is 1.04. The zero-order valence-corrected chi connectivity index (χ0v) is 11.0. The SMILES string of the molecule is Cc1ccc(Br)cc1Nc1ccnc(Cl)c1. The van der Waals surface area contributed by atoms with Gasteiger partial charge in [-0.05, 0) is 36.8 Å². The lowest BCUT2D eigenvalue weighted by molar-refractivity contribution is 1.32. The van der Waals surface area contributed by atoms with Gasteiger partial charge in [0.2, 0.25) is 0 Å². The molecule has 0 atom stereocenters. The van der Waals surface area contributed by atoms with E-state index >= 15 is 0 Å². The van der Waals surface area contributed by atoms with Gasteiger partial charge in [-0.2, -0.15) is 0 Å². The van der Waals surface area contributed by atoms with Crippen molar-refractivity contribution in [2.75, 3.05) is 5.32 Å². The van der Waals surface area contributed by atoms with Crippen molar-refractivity contribution in [1.29, 1.82) is 0 Å². The van der Waals surface area contributed by atoms with Gasteiger partial charge in [0.15, 0.2) is 0 Å². The van der Waals surface area contributed by atoms with Crippen molar-refractivity contribution in [1.82, 2.24) is 4.98 Å². The lowest BCUT2D eigenvalue weighted by Gasteiger charge is -2.09. The maximum Gasteiger partial charge on any atom is 0.131 e. The summed E-state index contributed by atoms with van der Waals surface area (Å²) in [5.74, 6) is 0. The van der Waals surface area contributed by atoms with Gasteiger partial charge in [-0.25, -0.2) is 4.98 Å². The second-order valence-corrected chi connectivity index (χ2v) is 4.75. The maximum absolute atomic E-state index is 5.82. The Hall–Kier alpha value is -1.06. The number of hydrogen-bond acceptors (Lipinski definition) is 2. The highest BCUT2D eigenvalue weighted by Crippen LogP contribution is 2.24. The lowest BCUT2D eigenvalue weighted by Crippen LogP contribution is -1.93. The molecule has 0 bridgehead atoms. The summed E-state index contributed by atoms with van der Waals surface area (Å²) in [7, 11) is 0. The van der Waals surface area contributed by atoms with Crippen molar-refractivity contribution in [2.45, 2.75) is 6.92 Å². The van der Waals surface area contributed by atoms with E-state index in [2.05, 4.69) is 39.2 Å². The molecule has 0 fully saturated rings. The molecule has 1 aromatic carbocycles. The molecule has 1 N–H and O–H groups in total. The van der Waals surface area contributed by atoms with Crippen LogP contribution in [0.1, 0.15) is 5.56 Å². The average molecular weight is 298 g/mol. The number of hydrogen-bond donors (Lipinski definition) is 1. The molecule has 0 radical (unpaired) electrons. The van der Waals surface area contributed by atoms with E-state index in [1.165, 1.54) is 5.56 Å². The van der Waals surface area contributed by atoms with E-state index in [1.807, 2.05) is 18.2 Å². The van der Waals surface area contributed by atoms with Crippen LogP contribution in [0.25, 0.3) is 0 Å². The Morgan fingerprint density at radius 1 is 1.25 bits per heavy atom. The van der Waals surface area contributed by atoms with Crippen LogP contribution in [0, 0.1) is 6.92 Å².